The molecular formula is C36H72O3. The molecule has 0 fully saturated rings. The Labute approximate surface area is 246 Å². The van der Waals surface area contributed by atoms with Crippen molar-refractivity contribution >= 4 is 5.97 Å². The van der Waals surface area contributed by atoms with Crippen LogP contribution in [0.5, 0.6) is 0 Å². The monoisotopic (exact) mass is 553 g/mol. The van der Waals surface area contributed by atoms with Gasteiger partial charge in [-0.1, -0.05) is 180 Å². The summed E-state index contributed by atoms with van der Waals surface area (Å²) in [5.41, 5.74) is 0. The first-order valence-corrected chi connectivity index (χ1v) is 18.0. The van der Waals surface area contributed by atoms with E-state index in [2.05, 4.69) is 6.92 Å². The van der Waals surface area contributed by atoms with Crippen LogP contribution < -0.4 is 0 Å². The van der Waals surface area contributed by atoms with Gasteiger partial charge in [0.2, 0.25) is 0 Å². The summed E-state index contributed by atoms with van der Waals surface area (Å²) in [6.45, 7) is 4.80. The van der Waals surface area contributed by atoms with Gasteiger partial charge in [-0.15, -0.1) is 0 Å². The predicted octanol–water partition coefficient (Wildman–Crippen LogP) is 12.0. The quantitative estimate of drug-likeness (QED) is 0.0650. The van der Waals surface area contributed by atoms with E-state index in [9.17, 15) is 9.90 Å². The van der Waals surface area contributed by atoms with Gasteiger partial charge >= 0.3 is 5.97 Å². The molecule has 0 radical (unpaired) electrons. The largest absolute Gasteiger partial charge is 0.466 e. The summed E-state index contributed by atoms with van der Waals surface area (Å²) in [5.74, 6) is 0.0156. The molecular weight excluding hydrogens is 480 g/mol. The van der Waals surface area contributed by atoms with Crippen LogP contribution in [0, 0.1) is 0 Å². The zero-order chi connectivity index (χ0) is 28.5. The van der Waals surface area contributed by atoms with Crippen LogP contribution in [0.4, 0.5) is 0 Å². The normalized spacial score (nSPS) is 12.2. The molecule has 234 valence electrons. The number of ether oxygens (including phenoxy) is 1. The van der Waals surface area contributed by atoms with E-state index in [0.717, 1.165) is 19.3 Å². The second-order valence-electron chi connectivity index (χ2n) is 12.5. The molecule has 3 nitrogen and oxygen atoms in total. The van der Waals surface area contributed by atoms with E-state index in [4.69, 9.17) is 4.74 Å². The first kappa shape index (κ1) is 38.4. The highest BCUT2D eigenvalue weighted by atomic mass is 16.5. The van der Waals surface area contributed by atoms with Gasteiger partial charge in [0.15, 0.2) is 0 Å². The molecule has 0 heterocycles. The Kier molecular flexibility index (Phi) is 33.1. The van der Waals surface area contributed by atoms with Gasteiger partial charge in [0.25, 0.3) is 0 Å². The molecule has 1 atom stereocenters. The average molecular weight is 553 g/mol. The number of rotatable bonds is 33. The van der Waals surface area contributed by atoms with Gasteiger partial charge in [-0.05, 0) is 26.2 Å². The van der Waals surface area contributed by atoms with Gasteiger partial charge in [0, 0.05) is 6.42 Å². The van der Waals surface area contributed by atoms with Crippen molar-refractivity contribution < 1.29 is 14.6 Å². The van der Waals surface area contributed by atoms with E-state index < -0.39 is 0 Å². The topological polar surface area (TPSA) is 46.5 Å². The lowest BCUT2D eigenvalue weighted by Gasteiger charge is -2.06. The molecule has 0 saturated carbocycles. The Morgan fingerprint density at radius 3 is 1.15 bits per heavy atom. The minimum absolute atomic E-state index is 0.0156. The highest BCUT2D eigenvalue weighted by molar-refractivity contribution is 5.69. The van der Waals surface area contributed by atoms with Gasteiger partial charge in [-0.2, -0.15) is 0 Å². The van der Waals surface area contributed by atoms with Crippen molar-refractivity contribution in [1.82, 2.24) is 0 Å². The van der Waals surface area contributed by atoms with Crippen molar-refractivity contribution in [2.24, 2.45) is 0 Å². The minimum Gasteiger partial charge on any atom is -0.466 e. The molecule has 0 spiro atoms. The van der Waals surface area contributed by atoms with Crippen molar-refractivity contribution in [3.8, 4) is 0 Å². The average Bonchev–Trinajstić information content (AvgIpc) is 2.92. The predicted molar refractivity (Wildman–Crippen MR) is 171 cm³/mol. The summed E-state index contributed by atoms with van der Waals surface area (Å²) >= 11 is 0. The van der Waals surface area contributed by atoms with Crippen LogP contribution in [-0.2, 0) is 9.53 Å². The SMILES string of the molecule is CCCCCCCCCCCCCCCCCCOC(=O)CCCCCCCCCCCCCCCC(C)O. The molecule has 0 aliphatic rings. The fourth-order valence-corrected chi connectivity index (χ4v) is 5.56. The van der Waals surface area contributed by atoms with E-state index in [1.807, 2.05) is 6.92 Å². The van der Waals surface area contributed by atoms with Crippen molar-refractivity contribution in [3.63, 3.8) is 0 Å². The van der Waals surface area contributed by atoms with E-state index >= 15 is 0 Å². The van der Waals surface area contributed by atoms with Crippen molar-refractivity contribution in [2.75, 3.05) is 6.61 Å². The number of aliphatic hydroxyl groups excluding tert-OH is 1. The molecule has 0 aliphatic carbocycles. The molecule has 0 bridgehead atoms. The lowest BCUT2D eigenvalue weighted by molar-refractivity contribution is -0.143. The number of aliphatic hydroxyl groups is 1. The molecule has 0 amide bonds. The summed E-state index contributed by atoms with van der Waals surface area (Å²) < 4.78 is 5.43. The van der Waals surface area contributed by atoms with Crippen molar-refractivity contribution in [3.05, 3.63) is 0 Å². The molecule has 3 heteroatoms. The van der Waals surface area contributed by atoms with Crippen LogP contribution in [0.1, 0.15) is 213 Å². The fourth-order valence-electron chi connectivity index (χ4n) is 5.56. The first-order valence-electron chi connectivity index (χ1n) is 18.0. The molecule has 0 rings (SSSR count). The smallest absolute Gasteiger partial charge is 0.305 e. The molecule has 0 aromatic rings. The number of carbonyl (C=O) groups is 1. The molecule has 1 unspecified atom stereocenters. The van der Waals surface area contributed by atoms with E-state index in [0.29, 0.717) is 13.0 Å². The van der Waals surface area contributed by atoms with Crippen LogP contribution in [0.15, 0.2) is 0 Å². The van der Waals surface area contributed by atoms with Crippen LogP contribution in [0.25, 0.3) is 0 Å². The third-order valence-corrected chi connectivity index (χ3v) is 8.26. The Morgan fingerprint density at radius 1 is 0.487 bits per heavy atom. The lowest BCUT2D eigenvalue weighted by Crippen LogP contribution is -2.05. The zero-order valence-corrected chi connectivity index (χ0v) is 27.0. The Balaban J connectivity index is 3.15. The van der Waals surface area contributed by atoms with Crippen molar-refractivity contribution in [1.29, 1.82) is 0 Å². The number of hydrogen-bond acceptors (Lipinski definition) is 3. The third-order valence-electron chi connectivity index (χ3n) is 8.26. The molecule has 0 saturated heterocycles. The summed E-state index contributed by atoms with van der Waals surface area (Å²) in [7, 11) is 0. The molecule has 0 aromatic heterocycles. The summed E-state index contributed by atoms with van der Waals surface area (Å²) in [4.78, 5) is 11.9. The van der Waals surface area contributed by atoms with Crippen LogP contribution >= 0.6 is 0 Å². The standard InChI is InChI=1S/C36H72O3/c1-3-4-5-6-7-8-9-10-11-12-16-19-22-25-28-31-34-39-36(38)33-30-27-24-21-18-15-13-14-17-20-23-26-29-32-35(2)37/h35,37H,3-34H2,1-2H3. The van der Waals surface area contributed by atoms with E-state index in [1.165, 1.54) is 173 Å². The highest BCUT2D eigenvalue weighted by Crippen LogP contribution is 2.15. The van der Waals surface area contributed by atoms with Crippen LogP contribution in [-0.4, -0.2) is 23.8 Å². The number of unbranched alkanes of at least 4 members (excludes halogenated alkanes) is 27. The second kappa shape index (κ2) is 33.6. The van der Waals surface area contributed by atoms with Crippen molar-refractivity contribution in [2.45, 2.75) is 219 Å². The van der Waals surface area contributed by atoms with Gasteiger partial charge in [0.05, 0.1) is 12.7 Å². The summed E-state index contributed by atoms with van der Waals surface area (Å²) in [6.07, 6.45) is 40.1. The zero-order valence-electron chi connectivity index (χ0n) is 27.0. The van der Waals surface area contributed by atoms with Gasteiger partial charge in [-0.3, -0.25) is 4.79 Å². The maximum Gasteiger partial charge on any atom is 0.305 e. The summed E-state index contributed by atoms with van der Waals surface area (Å²) in [6, 6.07) is 0. The number of hydrogen-bond donors (Lipinski definition) is 1. The third kappa shape index (κ3) is 35.4. The van der Waals surface area contributed by atoms with E-state index in [1.54, 1.807) is 0 Å². The maximum absolute atomic E-state index is 11.9. The Bertz CT molecular complexity index is 462. The Morgan fingerprint density at radius 2 is 0.795 bits per heavy atom. The lowest BCUT2D eigenvalue weighted by atomic mass is 10.0. The Hall–Kier alpha value is -0.570. The molecule has 1 N–H and O–H groups in total. The molecule has 0 aliphatic heterocycles. The first-order chi connectivity index (χ1) is 19.2. The molecule has 39 heavy (non-hydrogen) atoms. The van der Waals surface area contributed by atoms with Gasteiger partial charge in [-0.25, -0.2) is 0 Å². The minimum atomic E-state index is -0.128. The number of esters is 1. The van der Waals surface area contributed by atoms with Gasteiger partial charge in [0.1, 0.15) is 0 Å². The number of carbonyl (C=O) groups excluding carboxylic acids is 1. The van der Waals surface area contributed by atoms with Crippen LogP contribution in [0.3, 0.4) is 0 Å². The van der Waals surface area contributed by atoms with Crippen LogP contribution in [0.2, 0.25) is 0 Å². The maximum atomic E-state index is 11.9. The van der Waals surface area contributed by atoms with E-state index in [-0.39, 0.29) is 12.1 Å². The van der Waals surface area contributed by atoms with Gasteiger partial charge < -0.3 is 9.84 Å². The fraction of sp³-hybridized carbons (Fsp3) is 0.972. The second-order valence-corrected chi connectivity index (χ2v) is 12.5. The molecule has 0 aromatic carbocycles. The summed E-state index contributed by atoms with van der Waals surface area (Å²) in [5, 5.41) is 9.26. The highest BCUT2D eigenvalue weighted by Gasteiger charge is 2.03.